The lowest BCUT2D eigenvalue weighted by molar-refractivity contribution is -0.150. The van der Waals surface area contributed by atoms with Gasteiger partial charge in [-0.2, -0.15) is 0 Å². The lowest BCUT2D eigenvalue weighted by atomic mass is 9.81. The number of unbranched alkanes of at least 4 members (excludes halogenated alkanes) is 2. The summed E-state index contributed by atoms with van der Waals surface area (Å²) in [5.41, 5.74) is 19.5. The molecule has 3 aromatic heterocycles. The fourth-order valence-electron chi connectivity index (χ4n) is 18.5. The number of para-hydroxylation sites is 1. The Morgan fingerprint density at radius 1 is 0.560 bits per heavy atom. The van der Waals surface area contributed by atoms with Crippen LogP contribution in [-0.2, 0) is 114 Å². The van der Waals surface area contributed by atoms with Crippen molar-refractivity contribution in [2.24, 2.45) is 42.0 Å². The van der Waals surface area contributed by atoms with Crippen LogP contribution in [0.4, 0.5) is 0 Å². The Hall–Kier alpha value is -13.3. The number of likely N-dealkylation sites (N-methyl/N-ethyl adjacent to an activating group) is 2. The Bertz CT molecular complexity index is 5470. The second-order valence-corrected chi connectivity index (χ2v) is 39.2. The smallest absolute Gasteiger partial charge is 0.246 e. The highest BCUT2D eigenvalue weighted by Gasteiger charge is 2.49. The number of H-pyrrole nitrogens is 1. The van der Waals surface area contributed by atoms with Gasteiger partial charge in [-0.1, -0.05) is 116 Å². The number of phenolic OH excluding ortho intramolecular Hbond substituents is 1. The molecule has 0 bridgehead atoms. The minimum absolute atomic E-state index is 0.00144. The third-order valence-corrected chi connectivity index (χ3v) is 28.4. The fourth-order valence-corrected chi connectivity index (χ4v) is 20.3. The summed E-state index contributed by atoms with van der Waals surface area (Å²) in [5, 5.41) is 74.1. The monoisotopic (exact) mass is 1990 g/mol. The number of piperidine rings is 1. The van der Waals surface area contributed by atoms with E-state index in [1.54, 1.807) is 46.1 Å². The van der Waals surface area contributed by atoms with Crippen LogP contribution in [0.2, 0.25) is 0 Å². The summed E-state index contributed by atoms with van der Waals surface area (Å²) in [6.45, 7) is 8.64. The van der Waals surface area contributed by atoms with Gasteiger partial charge in [0.1, 0.15) is 90.3 Å². The highest BCUT2D eigenvalue weighted by molar-refractivity contribution is 8.00. The van der Waals surface area contributed by atoms with Crippen LogP contribution in [0.1, 0.15) is 154 Å². The number of thioether (sulfide) groups is 1. The van der Waals surface area contributed by atoms with Gasteiger partial charge in [0.2, 0.25) is 100 Å². The molecule has 17 amide bonds. The van der Waals surface area contributed by atoms with E-state index in [1.807, 2.05) is 67.1 Å². The van der Waals surface area contributed by atoms with Crippen molar-refractivity contribution in [2.45, 2.75) is 248 Å². The summed E-state index contributed by atoms with van der Waals surface area (Å²) in [6.07, 6.45) is 2.61. The van der Waals surface area contributed by atoms with E-state index < -0.39 is 234 Å². The molecule has 45 heteroatoms. The maximum Gasteiger partial charge on any atom is 0.246 e. The molecule has 4 saturated heterocycles. The molecule has 0 radical (unpaired) electrons. The minimum Gasteiger partial charge on any atom is -0.508 e. The van der Waals surface area contributed by atoms with Gasteiger partial charge in [-0.3, -0.25) is 86.9 Å². The quantitative estimate of drug-likeness (QED) is 0.0173. The number of nitrogens with zero attached hydrogens (tertiary/aromatic N) is 7. The molecule has 6 aromatic rings. The third-order valence-electron chi connectivity index (χ3n) is 26.4. The number of nitrogens with two attached hydrogens (primary N) is 3. The lowest BCUT2D eigenvalue weighted by Gasteiger charge is -2.44. The first-order valence-corrected chi connectivity index (χ1v) is 49.9. The highest BCUT2D eigenvalue weighted by atomic mass is 32.2. The molecular weight excluding hydrogens is 1860 g/mol. The molecule has 3 aromatic carbocycles. The SMILES string of the molecule is CCCCC1C(=O)N(C)C(CCCC)C(=O)NC(CCCNC(=N)N)C(=O)NC(C(=O)NCC(N)=O)CSCC(=O)NC(Cc2ccc(O)cc2)C(=O)N2CCC(O)C2C(=O)NC(CC(N)=O)C(=O)N2CCCC2C(=O)NC(Cc2cnc[nH]2)C(=O)NC(CC(C)C)C(=O)N2CCC(C)C(C)C2C(=O)NC(Cc2cn(C)c3ccccc23)C(=O)NC(CO)C(=O)NC(Cc2csc3ccccc23)C(=O)N1C. The van der Waals surface area contributed by atoms with E-state index in [-0.39, 0.29) is 121 Å². The molecule has 17 atom stereocenters. The van der Waals surface area contributed by atoms with E-state index in [2.05, 4.69) is 68.5 Å². The molecule has 7 heterocycles. The molecule has 141 heavy (non-hydrogen) atoms. The zero-order valence-electron chi connectivity index (χ0n) is 81.0. The molecule has 10 rings (SSSR count). The number of aryl methyl sites for hydroxylation is 1. The third kappa shape index (κ3) is 29.4. The van der Waals surface area contributed by atoms with E-state index in [4.69, 9.17) is 22.6 Å². The largest absolute Gasteiger partial charge is 0.508 e. The van der Waals surface area contributed by atoms with Gasteiger partial charge in [0.15, 0.2) is 5.96 Å². The molecular formula is C96H135N23O20S2. The van der Waals surface area contributed by atoms with Gasteiger partial charge in [-0.15, -0.1) is 23.1 Å². The first-order chi connectivity index (χ1) is 67.2. The summed E-state index contributed by atoms with van der Waals surface area (Å²) in [6, 6.07) is -1.85. The maximum atomic E-state index is 15.9. The van der Waals surface area contributed by atoms with Crippen LogP contribution in [0.5, 0.6) is 5.75 Å². The minimum atomic E-state index is -1.86. The highest BCUT2D eigenvalue weighted by Crippen LogP contribution is 2.34. The number of imidazole rings is 1. The van der Waals surface area contributed by atoms with Crippen molar-refractivity contribution >= 4 is 150 Å². The predicted molar refractivity (Wildman–Crippen MR) is 524 cm³/mol. The molecule has 0 aliphatic carbocycles. The zero-order chi connectivity index (χ0) is 103. The van der Waals surface area contributed by atoms with E-state index in [0.29, 0.717) is 59.9 Å². The Kier molecular flexibility index (Phi) is 40.3. The Balaban J connectivity index is 1.04. The number of aliphatic hydroxyl groups excluding tert-OH is 2. The lowest BCUT2D eigenvalue weighted by Crippen LogP contribution is -2.64. The van der Waals surface area contributed by atoms with Gasteiger partial charge in [-0.05, 0) is 127 Å². The van der Waals surface area contributed by atoms with Crippen LogP contribution in [0.25, 0.3) is 21.0 Å². The van der Waals surface area contributed by atoms with Crippen LogP contribution in [-0.4, -0.2) is 316 Å². The number of aromatic hydroxyl groups is 1. The number of hydrogen-bond acceptors (Lipinski definition) is 24. The van der Waals surface area contributed by atoms with Crippen molar-refractivity contribution < 1.29 is 96.8 Å². The van der Waals surface area contributed by atoms with Gasteiger partial charge in [-0.25, -0.2) is 4.98 Å². The van der Waals surface area contributed by atoms with Crippen molar-refractivity contribution in [3.8, 4) is 5.75 Å². The Morgan fingerprint density at radius 2 is 1.13 bits per heavy atom. The number of hydrogen-bond donors (Lipinski definition) is 19. The van der Waals surface area contributed by atoms with Crippen LogP contribution in [0, 0.1) is 23.2 Å². The molecule has 0 spiro atoms. The molecule has 0 saturated carbocycles. The molecule has 22 N–H and O–H groups in total. The maximum absolute atomic E-state index is 15.9. The zero-order valence-corrected chi connectivity index (χ0v) is 82.6. The summed E-state index contributed by atoms with van der Waals surface area (Å²) in [7, 11) is 4.52. The number of amides is 17. The van der Waals surface area contributed by atoms with Gasteiger partial charge in [0, 0.05) is 112 Å². The first kappa shape index (κ1) is 110. The summed E-state index contributed by atoms with van der Waals surface area (Å²) >= 11 is 2.11. The molecule has 766 valence electrons. The van der Waals surface area contributed by atoms with Crippen molar-refractivity contribution in [3.05, 3.63) is 119 Å². The number of guanidine groups is 1. The number of primary amides is 2. The van der Waals surface area contributed by atoms with Crippen molar-refractivity contribution in [1.29, 1.82) is 5.41 Å². The van der Waals surface area contributed by atoms with Crippen LogP contribution < -0.4 is 75.7 Å². The number of carbonyl (C=O) groups is 17. The van der Waals surface area contributed by atoms with Crippen LogP contribution >= 0.6 is 23.1 Å². The average molecular weight is 2000 g/mol. The predicted octanol–water partition coefficient (Wildman–Crippen LogP) is -1.16. The second-order valence-electron chi connectivity index (χ2n) is 37.2. The van der Waals surface area contributed by atoms with Crippen molar-refractivity contribution in [2.75, 3.05) is 64.9 Å². The van der Waals surface area contributed by atoms with Gasteiger partial charge >= 0.3 is 0 Å². The summed E-state index contributed by atoms with van der Waals surface area (Å²) in [5.74, 6) is -18.7. The molecule has 4 aliphatic rings. The number of thiophene rings is 1. The number of nitrogens with one attached hydrogen (secondary N) is 13. The number of aromatic nitrogens is 3. The number of fused-ring (bicyclic) bond motifs is 5. The Labute approximate surface area is 825 Å². The van der Waals surface area contributed by atoms with Crippen LogP contribution in [0.15, 0.2) is 96.9 Å². The molecule has 4 fully saturated rings. The fraction of sp³-hybridized carbons (Fsp3) is 0.552. The van der Waals surface area contributed by atoms with Crippen molar-refractivity contribution in [3.63, 3.8) is 0 Å². The second kappa shape index (κ2) is 51.7. The number of carbonyl (C=O) groups excluding carboxylic acids is 17. The number of aromatic amines is 1. The molecule has 17 unspecified atom stereocenters. The standard InChI is InChI=1S/C96H135N23O20S2/c1-10-12-23-72-87(131)106-62(22-18-34-102-96(99)100)83(127)113-70(82(126)103-45-78(98)124)49-140-50-79(125)105-66(39-55-28-30-59(121)31-29-55)94(138)119-37-33-75(122)81(119)90(134)111-68(43-77(97)123)92(136)117-35-19-26-73(117)88(132)107-64(42-58-44-101-51-104-58)85(129)109-65(38-52(3)4)93(137)118-36-32-53(5)54(6)80(118)89(133)108-63(40-56-46-114(7)71-25-16-14-20-60(56)71)84(128)112-69(47-120)86(130)110-67(41-57-48-141-76-27-17-15-21-61(57)76)91(135)116(9)74(24-13-11-2)95(139)115(72)8/h14-17,20-21,25,27-31,44,46,48,51-54,62-70,72-75,80-81,120-122H,10-13,18-19,22-24,26,32-43,45,47,49-50H2,1-9H3,(H2,97,123)(H2,98,124)(H,101,104)(H,103,126)(H,105,125)(H,106,131)(H,107,132)(H,108,133)(H,109,129)(H,110,130)(H,111,134)(H,112,128)(H,113,127)(H4,99,100,102). The van der Waals surface area contributed by atoms with E-state index >= 15 is 57.5 Å². The number of aliphatic hydroxyl groups is 2. The Morgan fingerprint density at radius 3 is 1.80 bits per heavy atom. The molecule has 4 aliphatic heterocycles. The number of phenols is 1. The first-order valence-electron chi connectivity index (χ1n) is 47.9. The van der Waals surface area contributed by atoms with E-state index in [0.717, 1.165) is 42.1 Å². The van der Waals surface area contributed by atoms with Gasteiger partial charge in [0.05, 0.1) is 37.8 Å². The molecule has 43 nitrogen and oxygen atoms in total. The summed E-state index contributed by atoms with van der Waals surface area (Å²) in [4.78, 5) is 267. The normalized spacial score (nSPS) is 25.8. The van der Waals surface area contributed by atoms with Gasteiger partial charge in [0.25, 0.3) is 0 Å². The van der Waals surface area contributed by atoms with Crippen molar-refractivity contribution in [1.82, 2.24) is 97.5 Å². The van der Waals surface area contributed by atoms with E-state index in [1.165, 1.54) is 72.0 Å². The van der Waals surface area contributed by atoms with Gasteiger partial charge < -0.3 is 125 Å². The number of rotatable bonds is 26. The van der Waals surface area contributed by atoms with Crippen LogP contribution in [0.3, 0.4) is 0 Å². The number of benzene rings is 3. The average Bonchev–Trinajstić information content (AvgIpc) is 1.48. The topological polar surface area (TPSA) is 635 Å². The van der Waals surface area contributed by atoms with E-state index in [9.17, 15) is 39.3 Å². The summed E-state index contributed by atoms with van der Waals surface area (Å²) < 4.78 is 2.64.